The molecule has 1 saturated heterocycles. The fourth-order valence-electron chi connectivity index (χ4n) is 3.01. The van der Waals surface area contributed by atoms with Crippen molar-refractivity contribution < 1.29 is 13.9 Å². The topological polar surface area (TPSA) is 32.8 Å². The summed E-state index contributed by atoms with van der Waals surface area (Å²) >= 11 is 0. The molecule has 5 heteroatoms. The largest absolute Gasteiger partial charge is 0.490 e. The van der Waals surface area contributed by atoms with Gasteiger partial charge in [0.05, 0.1) is 6.54 Å². The number of anilines is 1. The van der Waals surface area contributed by atoms with E-state index in [9.17, 15) is 9.18 Å². The normalized spacial score (nSPS) is 15.0. The third kappa shape index (κ3) is 4.72. The van der Waals surface area contributed by atoms with Crippen molar-refractivity contribution in [1.82, 2.24) is 4.90 Å². The minimum Gasteiger partial charge on any atom is -0.490 e. The predicted octanol–water partition coefficient (Wildman–Crippen LogP) is 3.33. The van der Waals surface area contributed by atoms with Gasteiger partial charge in [-0.2, -0.15) is 0 Å². The Labute approximate surface area is 147 Å². The Morgan fingerprint density at radius 3 is 2.40 bits per heavy atom. The number of para-hydroxylation sites is 1. The minimum absolute atomic E-state index is 0.0707. The second kappa shape index (κ2) is 8.01. The van der Waals surface area contributed by atoms with Gasteiger partial charge in [-0.15, -0.1) is 0 Å². The Morgan fingerprint density at radius 2 is 1.76 bits per heavy atom. The van der Waals surface area contributed by atoms with E-state index in [-0.39, 0.29) is 17.8 Å². The van der Waals surface area contributed by atoms with E-state index in [0.717, 1.165) is 18.5 Å². The molecule has 4 nitrogen and oxygen atoms in total. The zero-order valence-corrected chi connectivity index (χ0v) is 14.4. The van der Waals surface area contributed by atoms with Crippen LogP contribution in [0.5, 0.6) is 5.75 Å². The maximum atomic E-state index is 12.9. The molecule has 2 aromatic carbocycles. The molecule has 0 atom stereocenters. The molecule has 0 spiro atoms. The van der Waals surface area contributed by atoms with Crippen molar-refractivity contribution in [3.63, 3.8) is 0 Å². The van der Waals surface area contributed by atoms with Crippen molar-refractivity contribution >= 4 is 11.6 Å². The van der Waals surface area contributed by atoms with Gasteiger partial charge in [-0.05, 0) is 36.4 Å². The molecule has 1 heterocycles. The third-order valence-electron chi connectivity index (χ3n) is 4.48. The average molecular weight is 342 g/mol. The molecule has 0 bridgehead atoms. The lowest BCUT2D eigenvalue weighted by Gasteiger charge is -2.33. The van der Waals surface area contributed by atoms with E-state index in [1.54, 1.807) is 12.1 Å². The molecule has 1 aliphatic heterocycles. The quantitative estimate of drug-likeness (QED) is 0.835. The van der Waals surface area contributed by atoms with Gasteiger partial charge in [-0.25, -0.2) is 4.39 Å². The van der Waals surface area contributed by atoms with Crippen molar-refractivity contribution in [2.45, 2.75) is 18.9 Å². The maximum absolute atomic E-state index is 12.9. The van der Waals surface area contributed by atoms with Crippen LogP contribution >= 0.6 is 0 Å². The van der Waals surface area contributed by atoms with Crippen LogP contribution in [0, 0.1) is 5.82 Å². The summed E-state index contributed by atoms with van der Waals surface area (Å²) in [6.45, 7) is 1.74. The summed E-state index contributed by atoms with van der Waals surface area (Å²) in [7, 11) is 1.93. The number of nitrogens with zero attached hydrogens (tertiary/aromatic N) is 2. The molecule has 3 rings (SSSR count). The number of hydrogen-bond donors (Lipinski definition) is 0. The number of benzene rings is 2. The van der Waals surface area contributed by atoms with E-state index in [1.165, 1.54) is 12.1 Å². The SMILES string of the molecule is CN(CC(=O)N1CCC(Oc2ccc(F)cc2)CC1)c1ccccc1. The average Bonchev–Trinajstić information content (AvgIpc) is 2.65. The predicted molar refractivity (Wildman–Crippen MR) is 96.3 cm³/mol. The van der Waals surface area contributed by atoms with E-state index in [1.807, 2.05) is 47.2 Å². The molecule has 132 valence electrons. The van der Waals surface area contributed by atoms with E-state index in [0.29, 0.717) is 25.4 Å². The van der Waals surface area contributed by atoms with Gasteiger partial charge in [0.1, 0.15) is 17.7 Å². The fourth-order valence-corrected chi connectivity index (χ4v) is 3.01. The number of likely N-dealkylation sites (tertiary alicyclic amines) is 1. The summed E-state index contributed by atoms with van der Waals surface area (Å²) in [4.78, 5) is 16.3. The number of ether oxygens (including phenoxy) is 1. The number of amides is 1. The first kappa shape index (κ1) is 17.3. The number of halogens is 1. The van der Waals surface area contributed by atoms with Crippen LogP contribution < -0.4 is 9.64 Å². The van der Waals surface area contributed by atoms with Gasteiger partial charge in [0.2, 0.25) is 5.91 Å². The molecular formula is C20H23FN2O2. The monoisotopic (exact) mass is 342 g/mol. The Morgan fingerprint density at radius 1 is 1.12 bits per heavy atom. The van der Waals surface area contributed by atoms with E-state index in [4.69, 9.17) is 4.74 Å². The summed E-state index contributed by atoms with van der Waals surface area (Å²) in [5.41, 5.74) is 1.03. The zero-order chi connectivity index (χ0) is 17.6. The molecule has 1 aliphatic rings. The zero-order valence-electron chi connectivity index (χ0n) is 14.4. The van der Waals surface area contributed by atoms with Crippen molar-refractivity contribution in [3.05, 3.63) is 60.4 Å². The number of carbonyl (C=O) groups excluding carboxylic acids is 1. The Bertz CT molecular complexity index is 683. The first-order chi connectivity index (χ1) is 12.1. The molecule has 25 heavy (non-hydrogen) atoms. The second-order valence-electron chi connectivity index (χ2n) is 6.34. The van der Waals surface area contributed by atoms with Crippen LogP contribution in [0.25, 0.3) is 0 Å². The molecule has 1 amide bonds. The Hall–Kier alpha value is -2.56. The van der Waals surface area contributed by atoms with Crippen molar-refractivity contribution in [2.24, 2.45) is 0 Å². The lowest BCUT2D eigenvalue weighted by molar-refractivity contribution is -0.131. The molecule has 0 N–H and O–H groups in total. The standard InChI is InChI=1S/C20H23FN2O2/c1-22(17-5-3-2-4-6-17)15-20(24)23-13-11-19(12-14-23)25-18-9-7-16(21)8-10-18/h2-10,19H,11-15H2,1H3. The summed E-state index contributed by atoms with van der Waals surface area (Å²) in [5.74, 6) is 0.539. The highest BCUT2D eigenvalue weighted by molar-refractivity contribution is 5.81. The van der Waals surface area contributed by atoms with Crippen molar-refractivity contribution in [1.29, 1.82) is 0 Å². The summed E-state index contributed by atoms with van der Waals surface area (Å²) < 4.78 is 18.8. The van der Waals surface area contributed by atoms with Crippen LogP contribution in [0.1, 0.15) is 12.8 Å². The Kier molecular flexibility index (Phi) is 5.53. The second-order valence-corrected chi connectivity index (χ2v) is 6.34. The lowest BCUT2D eigenvalue weighted by atomic mass is 10.1. The summed E-state index contributed by atoms with van der Waals surface area (Å²) in [6.07, 6.45) is 1.65. The number of carbonyl (C=O) groups is 1. The van der Waals surface area contributed by atoms with E-state index in [2.05, 4.69) is 0 Å². The highest BCUT2D eigenvalue weighted by Crippen LogP contribution is 2.20. The van der Waals surface area contributed by atoms with Gasteiger partial charge < -0.3 is 14.5 Å². The van der Waals surface area contributed by atoms with Crippen molar-refractivity contribution in [2.75, 3.05) is 31.6 Å². The first-order valence-corrected chi connectivity index (χ1v) is 8.58. The lowest BCUT2D eigenvalue weighted by Crippen LogP contribution is -2.45. The van der Waals surface area contributed by atoms with Crippen LogP contribution in [-0.4, -0.2) is 43.6 Å². The van der Waals surface area contributed by atoms with Crippen LogP contribution in [0.3, 0.4) is 0 Å². The maximum Gasteiger partial charge on any atom is 0.242 e. The highest BCUT2D eigenvalue weighted by atomic mass is 19.1. The van der Waals surface area contributed by atoms with Crippen molar-refractivity contribution in [3.8, 4) is 5.75 Å². The van der Waals surface area contributed by atoms with Gasteiger partial charge in [-0.3, -0.25) is 4.79 Å². The number of piperidine rings is 1. The molecule has 0 unspecified atom stereocenters. The van der Waals surface area contributed by atoms with Gasteiger partial charge in [0.25, 0.3) is 0 Å². The number of likely N-dealkylation sites (N-methyl/N-ethyl adjacent to an activating group) is 1. The number of hydrogen-bond acceptors (Lipinski definition) is 3. The summed E-state index contributed by atoms with van der Waals surface area (Å²) in [5, 5.41) is 0. The van der Waals surface area contributed by atoms with Gasteiger partial charge in [0.15, 0.2) is 0 Å². The highest BCUT2D eigenvalue weighted by Gasteiger charge is 2.24. The smallest absolute Gasteiger partial charge is 0.242 e. The molecule has 0 aromatic heterocycles. The van der Waals surface area contributed by atoms with Crippen LogP contribution in [-0.2, 0) is 4.79 Å². The Balaban J connectivity index is 1.46. The van der Waals surface area contributed by atoms with Gasteiger partial charge >= 0.3 is 0 Å². The third-order valence-corrected chi connectivity index (χ3v) is 4.48. The number of rotatable bonds is 5. The minimum atomic E-state index is -0.268. The first-order valence-electron chi connectivity index (χ1n) is 8.58. The molecule has 1 fully saturated rings. The van der Waals surface area contributed by atoms with Gasteiger partial charge in [-0.1, -0.05) is 18.2 Å². The summed E-state index contributed by atoms with van der Waals surface area (Å²) in [6, 6.07) is 16.0. The molecule has 0 saturated carbocycles. The van der Waals surface area contributed by atoms with Gasteiger partial charge in [0, 0.05) is 38.7 Å². The van der Waals surface area contributed by atoms with E-state index >= 15 is 0 Å². The van der Waals surface area contributed by atoms with Crippen LogP contribution in [0.4, 0.5) is 10.1 Å². The molecule has 0 radical (unpaired) electrons. The molecular weight excluding hydrogens is 319 g/mol. The molecule has 2 aromatic rings. The van der Waals surface area contributed by atoms with Crippen LogP contribution in [0.15, 0.2) is 54.6 Å². The fraction of sp³-hybridized carbons (Fsp3) is 0.350. The van der Waals surface area contributed by atoms with E-state index < -0.39 is 0 Å². The molecule has 0 aliphatic carbocycles. The van der Waals surface area contributed by atoms with Crippen LogP contribution in [0.2, 0.25) is 0 Å².